The van der Waals surface area contributed by atoms with E-state index < -0.39 is 0 Å². The van der Waals surface area contributed by atoms with Crippen LogP contribution in [0.4, 0.5) is 0 Å². The lowest BCUT2D eigenvalue weighted by molar-refractivity contribution is 0.0342. The first-order chi connectivity index (χ1) is 13.1. The smallest absolute Gasteiger partial charge is 0.214 e. The number of nitrogens with one attached hydrogen (secondary N) is 2. The highest BCUT2D eigenvalue weighted by Crippen LogP contribution is 2.10. The zero-order chi connectivity index (χ0) is 19.1. The van der Waals surface area contributed by atoms with Crippen LogP contribution in [-0.4, -0.2) is 49.2 Å². The van der Waals surface area contributed by atoms with E-state index in [4.69, 9.17) is 9.15 Å². The Morgan fingerprint density at radius 1 is 1.15 bits per heavy atom. The first kappa shape index (κ1) is 19.4. The van der Waals surface area contributed by atoms with Crippen molar-refractivity contribution in [3.63, 3.8) is 0 Å². The molecule has 3 rings (SSSR count). The van der Waals surface area contributed by atoms with Crippen LogP contribution in [0.2, 0.25) is 0 Å². The molecule has 0 aliphatic carbocycles. The predicted octanol–water partition coefficient (Wildman–Crippen LogP) is 1.99. The van der Waals surface area contributed by atoms with E-state index in [1.165, 1.54) is 11.1 Å². The van der Waals surface area contributed by atoms with E-state index >= 15 is 0 Å². The second kappa shape index (κ2) is 9.53. The third-order valence-electron chi connectivity index (χ3n) is 4.66. The number of ether oxygens (including phenoxy) is 1. The minimum Gasteiger partial charge on any atom is -0.444 e. The lowest BCUT2D eigenvalue weighted by atomic mass is 10.1. The van der Waals surface area contributed by atoms with Gasteiger partial charge in [0.05, 0.1) is 25.5 Å². The SMILES string of the molecule is CN=C(NCc1cccc(CN2CCOCC2)c1)NCc1nc(C)c(C)o1. The number of rotatable bonds is 6. The number of guanidine groups is 1. The van der Waals surface area contributed by atoms with E-state index in [1.807, 2.05) is 13.8 Å². The number of oxazole rings is 1. The molecule has 0 radical (unpaired) electrons. The fraction of sp³-hybridized carbons (Fsp3) is 0.500. The average Bonchev–Trinajstić information content (AvgIpc) is 3.01. The number of aryl methyl sites for hydroxylation is 2. The molecule has 27 heavy (non-hydrogen) atoms. The average molecular weight is 371 g/mol. The van der Waals surface area contributed by atoms with Crippen molar-refractivity contribution in [2.75, 3.05) is 33.4 Å². The number of hydrogen-bond donors (Lipinski definition) is 2. The van der Waals surface area contributed by atoms with Gasteiger partial charge in [0.25, 0.3) is 0 Å². The normalized spacial score (nSPS) is 15.7. The number of hydrogen-bond acceptors (Lipinski definition) is 5. The van der Waals surface area contributed by atoms with E-state index in [0.717, 1.165) is 50.3 Å². The van der Waals surface area contributed by atoms with E-state index in [0.29, 0.717) is 19.0 Å². The van der Waals surface area contributed by atoms with Gasteiger partial charge in [0.15, 0.2) is 5.96 Å². The summed E-state index contributed by atoms with van der Waals surface area (Å²) in [6.45, 7) is 9.69. The Labute approximate surface area is 160 Å². The molecule has 7 nitrogen and oxygen atoms in total. The molecule has 7 heteroatoms. The zero-order valence-electron chi connectivity index (χ0n) is 16.4. The van der Waals surface area contributed by atoms with Crippen LogP contribution in [0.25, 0.3) is 0 Å². The van der Waals surface area contributed by atoms with Gasteiger partial charge in [-0.05, 0) is 25.0 Å². The van der Waals surface area contributed by atoms with Gasteiger partial charge in [0, 0.05) is 33.2 Å². The topological polar surface area (TPSA) is 74.9 Å². The molecule has 1 fully saturated rings. The fourth-order valence-electron chi connectivity index (χ4n) is 3.04. The Bertz CT molecular complexity index is 746. The van der Waals surface area contributed by atoms with Gasteiger partial charge in [-0.15, -0.1) is 0 Å². The van der Waals surface area contributed by atoms with Gasteiger partial charge in [0.1, 0.15) is 5.76 Å². The number of nitrogens with zero attached hydrogens (tertiary/aromatic N) is 3. The lowest BCUT2D eigenvalue weighted by Gasteiger charge is -2.26. The fourth-order valence-corrected chi connectivity index (χ4v) is 3.04. The van der Waals surface area contributed by atoms with Gasteiger partial charge in [-0.2, -0.15) is 0 Å². The predicted molar refractivity (Wildman–Crippen MR) is 106 cm³/mol. The molecule has 0 amide bonds. The molecule has 1 aliphatic rings. The van der Waals surface area contributed by atoms with Crippen LogP contribution in [0, 0.1) is 13.8 Å². The van der Waals surface area contributed by atoms with Crippen molar-refractivity contribution in [3.8, 4) is 0 Å². The van der Waals surface area contributed by atoms with Crippen molar-refractivity contribution >= 4 is 5.96 Å². The van der Waals surface area contributed by atoms with E-state index in [2.05, 4.69) is 49.8 Å². The molecule has 146 valence electrons. The van der Waals surface area contributed by atoms with Crippen molar-refractivity contribution in [2.24, 2.45) is 4.99 Å². The van der Waals surface area contributed by atoms with Gasteiger partial charge in [-0.1, -0.05) is 24.3 Å². The van der Waals surface area contributed by atoms with Crippen LogP contribution in [0.5, 0.6) is 0 Å². The first-order valence-electron chi connectivity index (χ1n) is 9.39. The maximum absolute atomic E-state index is 5.59. The third kappa shape index (κ3) is 5.80. The Hall–Kier alpha value is -2.38. The zero-order valence-corrected chi connectivity index (χ0v) is 16.4. The van der Waals surface area contributed by atoms with E-state index in [-0.39, 0.29) is 0 Å². The molecule has 2 heterocycles. The second-order valence-corrected chi connectivity index (χ2v) is 6.74. The van der Waals surface area contributed by atoms with Crippen molar-refractivity contribution in [1.29, 1.82) is 0 Å². The maximum atomic E-state index is 5.59. The summed E-state index contributed by atoms with van der Waals surface area (Å²) in [6.07, 6.45) is 0. The summed E-state index contributed by atoms with van der Waals surface area (Å²) in [6, 6.07) is 8.67. The molecular formula is C20H29N5O2. The van der Waals surface area contributed by atoms with E-state index in [1.54, 1.807) is 7.05 Å². The monoisotopic (exact) mass is 371 g/mol. The second-order valence-electron chi connectivity index (χ2n) is 6.74. The Kier molecular flexibility index (Phi) is 6.84. The van der Waals surface area contributed by atoms with Crippen molar-refractivity contribution < 1.29 is 9.15 Å². The van der Waals surface area contributed by atoms with Crippen LogP contribution >= 0.6 is 0 Å². The van der Waals surface area contributed by atoms with Crippen molar-refractivity contribution in [3.05, 3.63) is 52.7 Å². The summed E-state index contributed by atoms with van der Waals surface area (Å²) in [5.74, 6) is 2.24. The summed E-state index contributed by atoms with van der Waals surface area (Å²) in [7, 11) is 1.76. The number of aromatic nitrogens is 1. The summed E-state index contributed by atoms with van der Waals surface area (Å²) >= 11 is 0. The minimum absolute atomic E-state index is 0.505. The van der Waals surface area contributed by atoms with Gasteiger partial charge >= 0.3 is 0 Å². The maximum Gasteiger partial charge on any atom is 0.214 e. The van der Waals surface area contributed by atoms with Crippen LogP contribution in [0.1, 0.15) is 28.5 Å². The molecule has 1 aromatic carbocycles. The summed E-state index contributed by atoms with van der Waals surface area (Å²) < 4.78 is 11.0. The highest BCUT2D eigenvalue weighted by atomic mass is 16.5. The molecule has 1 aromatic heterocycles. The van der Waals surface area contributed by atoms with Crippen LogP contribution in [-0.2, 0) is 24.4 Å². The molecular weight excluding hydrogens is 342 g/mol. The van der Waals surface area contributed by atoms with Gasteiger partial charge in [0.2, 0.25) is 5.89 Å². The quantitative estimate of drug-likeness (QED) is 0.598. The summed E-state index contributed by atoms with van der Waals surface area (Å²) in [5, 5.41) is 6.58. The van der Waals surface area contributed by atoms with Gasteiger partial charge in [-0.25, -0.2) is 4.98 Å². The molecule has 1 aliphatic heterocycles. The summed E-state index contributed by atoms with van der Waals surface area (Å²) in [4.78, 5) is 11.1. The Morgan fingerprint density at radius 3 is 2.59 bits per heavy atom. The lowest BCUT2D eigenvalue weighted by Crippen LogP contribution is -2.36. The Morgan fingerprint density at radius 2 is 1.89 bits per heavy atom. The standard InChI is InChI=1S/C20H29N5O2/c1-15-16(2)27-19(24-15)13-23-20(21-3)22-12-17-5-4-6-18(11-17)14-25-7-9-26-10-8-25/h4-6,11H,7-10,12-14H2,1-3H3,(H2,21,22,23). The molecule has 1 saturated heterocycles. The van der Waals surface area contributed by atoms with Crippen LogP contribution < -0.4 is 10.6 Å². The molecule has 0 spiro atoms. The van der Waals surface area contributed by atoms with Gasteiger partial charge < -0.3 is 19.8 Å². The molecule has 2 N–H and O–H groups in total. The first-order valence-corrected chi connectivity index (χ1v) is 9.39. The third-order valence-corrected chi connectivity index (χ3v) is 4.66. The molecule has 0 unspecified atom stereocenters. The minimum atomic E-state index is 0.505. The Balaban J connectivity index is 1.49. The number of aliphatic imine (C=N–C) groups is 1. The molecule has 0 atom stereocenters. The number of benzene rings is 1. The van der Waals surface area contributed by atoms with Crippen molar-refractivity contribution in [1.82, 2.24) is 20.5 Å². The van der Waals surface area contributed by atoms with Crippen LogP contribution in [0.3, 0.4) is 0 Å². The van der Waals surface area contributed by atoms with Gasteiger partial charge in [-0.3, -0.25) is 9.89 Å². The molecule has 0 bridgehead atoms. The summed E-state index contributed by atoms with van der Waals surface area (Å²) in [5.41, 5.74) is 3.48. The van der Waals surface area contributed by atoms with E-state index in [9.17, 15) is 0 Å². The largest absolute Gasteiger partial charge is 0.444 e. The molecule has 2 aromatic rings. The van der Waals surface area contributed by atoms with Crippen LogP contribution in [0.15, 0.2) is 33.7 Å². The molecule has 0 saturated carbocycles. The van der Waals surface area contributed by atoms with Crippen molar-refractivity contribution in [2.45, 2.75) is 33.5 Å². The highest BCUT2D eigenvalue weighted by Gasteiger charge is 2.11. The number of morpholine rings is 1. The highest BCUT2D eigenvalue weighted by molar-refractivity contribution is 5.79.